The number of nitro benzene ring substituents is 1. The highest BCUT2D eigenvalue weighted by Crippen LogP contribution is 2.30. The second kappa shape index (κ2) is 7.13. The summed E-state index contributed by atoms with van der Waals surface area (Å²) in [6, 6.07) is 4.76. The second-order valence-electron chi connectivity index (χ2n) is 4.36. The Balaban J connectivity index is 3.04. The van der Waals surface area contributed by atoms with E-state index in [0.29, 0.717) is 17.5 Å². The first-order valence-corrected chi connectivity index (χ1v) is 7.36. The molecular formula is C13H18N2O3S. The van der Waals surface area contributed by atoms with Crippen LogP contribution in [0.3, 0.4) is 0 Å². The van der Waals surface area contributed by atoms with Gasteiger partial charge in [-0.15, -0.1) is 0 Å². The molecular weight excluding hydrogens is 264 g/mol. The van der Waals surface area contributed by atoms with Gasteiger partial charge < -0.3 is 4.90 Å². The van der Waals surface area contributed by atoms with Gasteiger partial charge in [0.1, 0.15) is 12.0 Å². The zero-order valence-corrected chi connectivity index (χ0v) is 12.1. The Hall–Kier alpha value is -1.56. The molecule has 1 aromatic rings. The Morgan fingerprint density at radius 3 is 2.74 bits per heavy atom. The highest BCUT2D eigenvalue weighted by atomic mass is 32.2. The molecule has 0 N–H and O–H groups in total. The van der Waals surface area contributed by atoms with Gasteiger partial charge in [-0.25, -0.2) is 0 Å². The molecule has 1 rings (SSSR count). The average molecular weight is 282 g/mol. The van der Waals surface area contributed by atoms with Crippen LogP contribution in [-0.2, 0) is 0 Å². The lowest BCUT2D eigenvalue weighted by Gasteiger charge is -2.26. The zero-order chi connectivity index (χ0) is 14.4. The van der Waals surface area contributed by atoms with Crippen LogP contribution in [0.5, 0.6) is 0 Å². The molecule has 0 aliphatic rings. The Bertz CT molecular complexity index is 465. The van der Waals surface area contributed by atoms with Crippen molar-refractivity contribution >= 4 is 29.4 Å². The minimum absolute atomic E-state index is 0.0249. The molecule has 104 valence electrons. The van der Waals surface area contributed by atoms with E-state index in [1.54, 1.807) is 23.9 Å². The fourth-order valence-corrected chi connectivity index (χ4v) is 2.35. The van der Waals surface area contributed by atoms with Gasteiger partial charge in [0.2, 0.25) is 0 Å². The van der Waals surface area contributed by atoms with Crippen molar-refractivity contribution in [2.45, 2.75) is 19.4 Å². The van der Waals surface area contributed by atoms with E-state index in [2.05, 4.69) is 0 Å². The van der Waals surface area contributed by atoms with Crippen LogP contribution >= 0.6 is 11.8 Å². The van der Waals surface area contributed by atoms with Crippen molar-refractivity contribution in [2.75, 3.05) is 24.0 Å². The molecule has 0 aliphatic carbocycles. The summed E-state index contributed by atoms with van der Waals surface area (Å²) in [7, 11) is 1.84. The fourth-order valence-electron chi connectivity index (χ4n) is 1.78. The number of nitro groups is 1. The van der Waals surface area contributed by atoms with Crippen LogP contribution < -0.4 is 4.90 Å². The first-order valence-electron chi connectivity index (χ1n) is 5.96. The van der Waals surface area contributed by atoms with E-state index in [0.717, 1.165) is 12.2 Å². The van der Waals surface area contributed by atoms with Crippen molar-refractivity contribution in [2.24, 2.45) is 0 Å². The molecule has 0 saturated heterocycles. The van der Waals surface area contributed by atoms with E-state index < -0.39 is 4.92 Å². The maximum Gasteiger partial charge on any atom is 0.293 e. The minimum atomic E-state index is -0.444. The predicted octanol–water partition coefficient (Wildman–Crippen LogP) is 2.99. The summed E-state index contributed by atoms with van der Waals surface area (Å²) in [5.41, 5.74) is 0.841. The van der Waals surface area contributed by atoms with Crippen LogP contribution in [0.15, 0.2) is 18.2 Å². The number of aldehydes is 1. The number of hydrogen-bond acceptors (Lipinski definition) is 5. The summed E-state index contributed by atoms with van der Waals surface area (Å²) in [5, 5.41) is 11.1. The number of benzene rings is 1. The summed E-state index contributed by atoms with van der Waals surface area (Å²) in [6.07, 6.45) is 3.60. The molecule has 19 heavy (non-hydrogen) atoms. The topological polar surface area (TPSA) is 63.5 Å². The van der Waals surface area contributed by atoms with Crippen LogP contribution in [0.1, 0.15) is 23.7 Å². The predicted molar refractivity (Wildman–Crippen MR) is 79.3 cm³/mol. The molecule has 0 aromatic heterocycles. The Kier molecular flexibility index (Phi) is 5.82. The van der Waals surface area contributed by atoms with E-state index in [1.165, 1.54) is 6.07 Å². The van der Waals surface area contributed by atoms with Crippen LogP contribution in [0.4, 0.5) is 11.4 Å². The third-order valence-corrected chi connectivity index (χ3v) is 3.76. The van der Waals surface area contributed by atoms with Gasteiger partial charge in [0.25, 0.3) is 5.69 Å². The molecule has 0 saturated carbocycles. The number of carbonyl (C=O) groups is 1. The summed E-state index contributed by atoms with van der Waals surface area (Å²) < 4.78 is 0. The monoisotopic (exact) mass is 282 g/mol. The standard InChI is InChI=1S/C13H18N2O3S/c1-10(6-7-19-3)14(2)12-5-4-11(9-16)8-13(12)15(17)18/h4-5,8-10H,6-7H2,1-3H3. The summed E-state index contributed by atoms with van der Waals surface area (Å²) in [6.45, 7) is 2.04. The first-order chi connectivity index (χ1) is 9.01. The fraction of sp³-hybridized carbons (Fsp3) is 0.462. The molecule has 1 atom stereocenters. The number of anilines is 1. The highest BCUT2D eigenvalue weighted by molar-refractivity contribution is 7.98. The summed E-state index contributed by atoms with van der Waals surface area (Å²) in [4.78, 5) is 23.2. The molecule has 1 unspecified atom stereocenters. The highest BCUT2D eigenvalue weighted by Gasteiger charge is 2.20. The molecule has 5 nitrogen and oxygen atoms in total. The number of hydrogen-bond donors (Lipinski definition) is 0. The van der Waals surface area contributed by atoms with Crippen LogP contribution in [-0.4, -0.2) is 36.3 Å². The average Bonchev–Trinajstić information content (AvgIpc) is 2.43. The van der Waals surface area contributed by atoms with Crippen molar-refractivity contribution in [1.82, 2.24) is 0 Å². The van der Waals surface area contributed by atoms with Gasteiger partial charge in [0.05, 0.1) is 4.92 Å². The van der Waals surface area contributed by atoms with Crippen molar-refractivity contribution in [1.29, 1.82) is 0 Å². The number of thioether (sulfide) groups is 1. The third kappa shape index (κ3) is 3.96. The van der Waals surface area contributed by atoms with E-state index in [4.69, 9.17) is 0 Å². The SMILES string of the molecule is CSCCC(C)N(C)c1ccc(C=O)cc1[N+](=O)[O-]. The molecule has 0 spiro atoms. The van der Waals surface area contributed by atoms with Crippen molar-refractivity contribution < 1.29 is 9.72 Å². The zero-order valence-electron chi connectivity index (χ0n) is 11.3. The largest absolute Gasteiger partial charge is 0.366 e. The van der Waals surface area contributed by atoms with E-state index in [1.807, 2.05) is 25.1 Å². The quantitative estimate of drug-likeness (QED) is 0.437. The summed E-state index contributed by atoms with van der Waals surface area (Å²) >= 11 is 1.75. The lowest BCUT2D eigenvalue weighted by atomic mass is 10.1. The maximum atomic E-state index is 11.1. The van der Waals surface area contributed by atoms with Gasteiger partial charge in [-0.2, -0.15) is 11.8 Å². The van der Waals surface area contributed by atoms with Crippen molar-refractivity contribution in [3.05, 3.63) is 33.9 Å². The smallest absolute Gasteiger partial charge is 0.293 e. The number of rotatable bonds is 7. The van der Waals surface area contributed by atoms with Gasteiger partial charge in [-0.1, -0.05) is 0 Å². The normalized spacial score (nSPS) is 11.9. The van der Waals surface area contributed by atoms with E-state index in [-0.39, 0.29) is 11.7 Å². The third-order valence-electron chi connectivity index (χ3n) is 3.11. The Labute approximate surface area is 117 Å². The number of nitrogens with zero attached hydrogens (tertiary/aromatic N) is 2. The molecule has 0 amide bonds. The Morgan fingerprint density at radius 2 is 2.21 bits per heavy atom. The van der Waals surface area contributed by atoms with Crippen LogP contribution in [0.25, 0.3) is 0 Å². The Morgan fingerprint density at radius 1 is 1.53 bits per heavy atom. The minimum Gasteiger partial charge on any atom is -0.366 e. The van der Waals surface area contributed by atoms with Gasteiger partial charge in [0.15, 0.2) is 0 Å². The molecule has 1 aromatic carbocycles. The van der Waals surface area contributed by atoms with Gasteiger partial charge in [-0.05, 0) is 37.5 Å². The number of carbonyl (C=O) groups excluding carboxylic acids is 1. The molecule has 0 radical (unpaired) electrons. The second-order valence-corrected chi connectivity index (χ2v) is 5.35. The maximum absolute atomic E-state index is 11.1. The lowest BCUT2D eigenvalue weighted by molar-refractivity contribution is -0.384. The molecule has 6 heteroatoms. The van der Waals surface area contributed by atoms with Crippen molar-refractivity contribution in [3.63, 3.8) is 0 Å². The van der Waals surface area contributed by atoms with Gasteiger partial charge in [-0.3, -0.25) is 14.9 Å². The van der Waals surface area contributed by atoms with Crippen LogP contribution in [0.2, 0.25) is 0 Å². The van der Waals surface area contributed by atoms with E-state index in [9.17, 15) is 14.9 Å². The van der Waals surface area contributed by atoms with E-state index >= 15 is 0 Å². The molecule has 0 bridgehead atoms. The lowest BCUT2D eigenvalue weighted by Crippen LogP contribution is -2.29. The molecule has 0 heterocycles. The van der Waals surface area contributed by atoms with Crippen molar-refractivity contribution in [3.8, 4) is 0 Å². The summed E-state index contributed by atoms with van der Waals surface area (Å²) in [5.74, 6) is 1.01. The molecule has 0 fully saturated rings. The first kappa shape index (κ1) is 15.5. The van der Waals surface area contributed by atoms with Gasteiger partial charge >= 0.3 is 0 Å². The molecule has 0 aliphatic heterocycles. The van der Waals surface area contributed by atoms with Gasteiger partial charge in [0, 0.05) is 24.7 Å². The van der Waals surface area contributed by atoms with Crippen LogP contribution in [0, 0.1) is 10.1 Å².